The molecule has 1 aromatic heterocycles. The van der Waals surface area contributed by atoms with Crippen LogP contribution in [0.15, 0.2) is 29.1 Å². The fourth-order valence-electron chi connectivity index (χ4n) is 1.85. The minimum Gasteiger partial charge on any atom is -0.493 e. The zero-order valence-electron chi connectivity index (χ0n) is 10.6. The van der Waals surface area contributed by atoms with Gasteiger partial charge < -0.3 is 10.1 Å². The van der Waals surface area contributed by atoms with Crippen molar-refractivity contribution < 1.29 is 5.11 Å². The van der Waals surface area contributed by atoms with Crippen LogP contribution in [-0.4, -0.2) is 15.1 Å². The van der Waals surface area contributed by atoms with Gasteiger partial charge in [0.05, 0.1) is 0 Å². The molecule has 0 unspecified atom stereocenters. The summed E-state index contributed by atoms with van der Waals surface area (Å²) in [4.78, 5) is 18.8. The van der Waals surface area contributed by atoms with Gasteiger partial charge in [-0.15, -0.1) is 0 Å². The third kappa shape index (κ3) is 3.15. The van der Waals surface area contributed by atoms with Gasteiger partial charge in [-0.2, -0.15) is 4.98 Å². The van der Waals surface area contributed by atoms with Crippen LogP contribution in [0.1, 0.15) is 25.6 Å². The number of rotatable bonds is 4. The van der Waals surface area contributed by atoms with Gasteiger partial charge in [0, 0.05) is 11.4 Å². The third-order valence-corrected chi connectivity index (χ3v) is 3.10. The van der Waals surface area contributed by atoms with E-state index in [0.29, 0.717) is 22.8 Å². The maximum Gasteiger partial charge on any atom is 0.262 e. The molecular weight excluding hydrogens is 264 g/mol. The van der Waals surface area contributed by atoms with E-state index < -0.39 is 0 Å². The first-order valence-electron chi connectivity index (χ1n) is 6.20. The van der Waals surface area contributed by atoms with Crippen LogP contribution in [0.25, 0.3) is 11.1 Å². The molecule has 100 valence electrons. The minimum atomic E-state index is -0.332. The lowest BCUT2D eigenvalue weighted by atomic mass is 10.1. The van der Waals surface area contributed by atoms with Crippen molar-refractivity contribution in [3.63, 3.8) is 0 Å². The van der Waals surface area contributed by atoms with Crippen molar-refractivity contribution in [1.29, 1.82) is 0 Å². The number of benzene rings is 1. The smallest absolute Gasteiger partial charge is 0.262 e. The van der Waals surface area contributed by atoms with Crippen LogP contribution in [-0.2, 0) is 6.42 Å². The second-order valence-electron chi connectivity index (χ2n) is 4.32. The van der Waals surface area contributed by atoms with Gasteiger partial charge in [-0.25, -0.2) is 0 Å². The maximum absolute atomic E-state index is 12.0. The monoisotopic (exact) mass is 278 g/mol. The second kappa shape index (κ2) is 5.89. The van der Waals surface area contributed by atoms with Crippen molar-refractivity contribution in [3.05, 3.63) is 45.5 Å². The van der Waals surface area contributed by atoms with E-state index in [1.165, 1.54) is 0 Å². The predicted octanol–water partition coefficient (Wildman–Crippen LogP) is 3.14. The first-order valence-corrected chi connectivity index (χ1v) is 6.57. The summed E-state index contributed by atoms with van der Waals surface area (Å²) in [5.74, 6) is 0.277. The molecule has 1 aromatic carbocycles. The summed E-state index contributed by atoms with van der Waals surface area (Å²) < 4.78 is 0. The molecule has 0 aliphatic heterocycles. The highest BCUT2D eigenvalue weighted by atomic mass is 35.5. The molecule has 0 saturated heterocycles. The Labute approximate surface area is 116 Å². The van der Waals surface area contributed by atoms with Gasteiger partial charge in [0.1, 0.15) is 11.4 Å². The number of halogens is 1. The number of aromatic nitrogens is 2. The summed E-state index contributed by atoms with van der Waals surface area (Å²) in [7, 11) is 0. The van der Waals surface area contributed by atoms with E-state index in [1.54, 1.807) is 24.3 Å². The summed E-state index contributed by atoms with van der Waals surface area (Å²) in [6.45, 7) is 2.06. The molecule has 4 nitrogen and oxygen atoms in total. The van der Waals surface area contributed by atoms with Crippen molar-refractivity contribution in [2.45, 2.75) is 26.2 Å². The topological polar surface area (TPSA) is 66.0 Å². The van der Waals surface area contributed by atoms with E-state index in [9.17, 15) is 9.90 Å². The molecule has 19 heavy (non-hydrogen) atoms. The molecule has 0 spiro atoms. The van der Waals surface area contributed by atoms with Gasteiger partial charge in [-0.05, 0) is 24.1 Å². The lowest BCUT2D eigenvalue weighted by molar-refractivity contribution is 0.449. The van der Waals surface area contributed by atoms with E-state index >= 15 is 0 Å². The Morgan fingerprint density at radius 3 is 2.58 bits per heavy atom. The molecule has 2 N–H and O–H groups in total. The third-order valence-electron chi connectivity index (χ3n) is 2.85. The van der Waals surface area contributed by atoms with Gasteiger partial charge in [0.25, 0.3) is 5.56 Å². The molecule has 2 aromatic rings. The number of nitrogens with one attached hydrogen (secondary N) is 1. The van der Waals surface area contributed by atoms with Gasteiger partial charge >= 0.3 is 0 Å². The van der Waals surface area contributed by atoms with Gasteiger partial charge in [0.2, 0.25) is 5.88 Å². The highest BCUT2D eigenvalue weighted by molar-refractivity contribution is 6.30. The summed E-state index contributed by atoms with van der Waals surface area (Å²) in [6, 6.07) is 6.70. The van der Waals surface area contributed by atoms with Crippen molar-refractivity contribution in [3.8, 4) is 17.0 Å². The number of aryl methyl sites for hydroxylation is 1. The Bertz CT molecular complexity index is 620. The van der Waals surface area contributed by atoms with E-state index in [-0.39, 0.29) is 17.0 Å². The quantitative estimate of drug-likeness (QED) is 0.903. The molecular formula is C14H15ClN2O2. The second-order valence-corrected chi connectivity index (χ2v) is 4.76. The number of nitrogens with zero attached hydrogens (tertiary/aromatic N) is 1. The fraction of sp³-hybridized carbons (Fsp3) is 0.286. The van der Waals surface area contributed by atoms with Crippen molar-refractivity contribution >= 4 is 11.6 Å². The number of aromatic amines is 1. The summed E-state index contributed by atoms with van der Waals surface area (Å²) in [5.41, 5.74) is 0.440. The first kappa shape index (κ1) is 13.6. The summed E-state index contributed by atoms with van der Waals surface area (Å²) in [6.07, 6.45) is 2.58. The Morgan fingerprint density at radius 1 is 1.32 bits per heavy atom. The highest BCUT2D eigenvalue weighted by Gasteiger charge is 2.12. The maximum atomic E-state index is 12.0. The number of hydrogen-bond donors (Lipinski definition) is 2. The minimum absolute atomic E-state index is 0.178. The highest BCUT2D eigenvalue weighted by Crippen LogP contribution is 2.24. The van der Waals surface area contributed by atoms with Crippen LogP contribution in [0.2, 0.25) is 5.02 Å². The zero-order chi connectivity index (χ0) is 13.8. The summed E-state index contributed by atoms with van der Waals surface area (Å²) in [5, 5.41) is 10.5. The van der Waals surface area contributed by atoms with E-state index in [1.807, 2.05) is 0 Å². The molecule has 0 atom stereocenters. The average Bonchev–Trinajstić information content (AvgIpc) is 2.38. The molecule has 0 fully saturated rings. The van der Waals surface area contributed by atoms with Gasteiger partial charge in [-0.3, -0.25) is 4.79 Å². The SMILES string of the molecule is CCCCc1nc(O)c(-c2ccc(Cl)cc2)c(=O)[nH]1. The van der Waals surface area contributed by atoms with Gasteiger partial charge in [-0.1, -0.05) is 37.1 Å². The largest absolute Gasteiger partial charge is 0.493 e. The standard InChI is InChI=1S/C14H15ClN2O2/c1-2-3-4-11-16-13(18)12(14(19)17-11)9-5-7-10(15)8-6-9/h5-8H,2-4H2,1H3,(H2,16,17,18,19). The Morgan fingerprint density at radius 2 is 2.00 bits per heavy atom. The number of H-pyrrole nitrogens is 1. The van der Waals surface area contributed by atoms with Crippen LogP contribution in [0.3, 0.4) is 0 Å². The van der Waals surface area contributed by atoms with Crippen LogP contribution >= 0.6 is 11.6 Å². The van der Waals surface area contributed by atoms with Crippen LogP contribution in [0, 0.1) is 0 Å². The number of hydrogen-bond acceptors (Lipinski definition) is 3. The van der Waals surface area contributed by atoms with E-state index in [0.717, 1.165) is 12.8 Å². The molecule has 5 heteroatoms. The van der Waals surface area contributed by atoms with E-state index in [4.69, 9.17) is 11.6 Å². The molecule has 0 bridgehead atoms. The van der Waals surface area contributed by atoms with Crippen molar-refractivity contribution in [2.75, 3.05) is 0 Å². The van der Waals surface area contributed by atoms with E-state index in [2.05, 4.69) is 16.9 Å². The van der Waals surface area contributed by atoms with Crippen molar-refractivity contribution in [2.24, 2.45) is 0 Å². The van der Waals surface area contributed by atoms with Gasteiger partial charge in [0.15, 0.2) is 0 Å². The number of aromatic hydroxyl groups is 1. The van der Waals surface area contributed by atoms with Crippen molar-refractivity contribution in [1.82, 2.24) is 9.97 Å². The fourth-order valence-corrected chi connectivity index (χ4v) is 1.97. The van der Waals surface area contributed by atoms with Crippen LogP contribution < -0.4 is 5.56 Å². The molecule has 1 heterocycles. The predicted molar refractivity (Wildman–Crippen MR) is 75.6 cm³/mol. The Kier molecular flexibility index (Phi) is 4.22. The molecule has 0 radical (unpaired) electrons. The Hall–Kier alpha value is -1.81. The first-order chi connectivity index (χ1) is 9.11. The molecule has 0 aliphatic rings. The van der Waals surface area contributed by atoms with Crippen LogP contribution in [0.5, 0.6) is 5.88 Å². The number of unbranched alkanes of at least 4 members (excludes halogenated alkanes) is 1. The molecule has 0 aliphatic carbocycles. The lowest BCUT2D eigenvalue weighted by Crippen LogP contribution is -2.14. The normalized spacial score (nSPS) is 10.6. The molecule has 0 saturated carbocycles. The van der Waals surface area contributed by atoms with Crippen LogP contribution in [0.4, 0.5) is 0 Å². The molecule has 2 rings (SSSR count). The molecule has 0 amide bonds. The Balaban J connectivity index is 2.42. The summed E-state index contributed by atoms with van der Waals surface area (Å²) >= 11 is 5.80. The zero-order valence-corrected chi connectivity index (χ0v) is 11.4. The average molecular weight is 279 g/mol. The lowest BCUT2D eigenvalue weighted by Gasteiger charge is -2.06.